The van der Waals surface area contributed by atoms with Crippen LogP contribution in [0, 0.1) is 57.2 Å². The maximum Gasteiger partial charge on any atom is 0.306 e. The maximum absolute atomic E-state index is 12.0. The minimum atomic E-state index is -0.0793. The Kier molecular flexibility index (Phi) is 6.70. The highest BCUT2D eigenvalue weighted by Gasteiger charge is 2.70. The number of fused-ring (bicyclic) bond motifs is 7. The Morgan fingerprint density at radius 2 is 1.73 bits per heavy atom. The van der Waals surface area contributed by atoms with Crippen LogP contribution in [-0.2, 0) is 9.53 Å². The van der Waals surface area contributed by atoms with Gasteiger partial charge in [-0.15, -0.1) is 0 Å². The monoisotopic (exact) mass is 547 g/mol. The van der Waals surface area contributed by atoms with Crippen molar-refractivity contribution in [3.63, 3.8) is 0 Å². The summed E-state index contributed by atoms with van der Waals surface area (Å²) >= 11 is 0. The molecule has 0 aromatic carbocycles. The fourth-order valence-corrected chi connectivity index (χ4v) is 12.8. The molecule has 0 amide bonds. The summed E-state index contributed by atoms with van der Waals surface area (Å²) in [6, 6.07) is 0. The van der Waals surface area contributed by atoms with E-state index in [2.05, 4.69) is 60.3 Å². The predicted octanol–water partition coefficient (Wildman–Crippen LogP) is 8.79. The molecule has 0 spiro atoms. The highest BCUT2D eigenvalue weighted by Crippen LogP contribution is 2.76. The van der Waals surface area contributed by atoms with Crippen molar-refractivity contribution in [1.82, 2.24) is 0 Å². The molecule has 6 aliphatic rings. The predicted molar refractivity (Wildman–Crippen MR) is 164 cm³/mol. The Labute approximate surface area is 244 Å². The Bertz CT molecular complexity index is 1150. The zero-order valence-electron chi connectivity index (χ0n) is 26.7. The molecule has 0 bridgehead atoms. The molecule has 10 atom stereocenters. The van der Waals surface area contributed by atoms with Crippen molar-refractivity contribution in [2.75, 3.05) is 7.11 Å². The number of hydrogen-bond donors (Lipinski definition) is 1. The van der Waals surface area contributed by atoms with Gasteiger partial charge in [-0.1, -0.05) is 58.9 Å². The Hall–Kier alpha value is -1.35. The van der Waals surface area contributed by atoms with E-state index >= 15 is 0 Å². The molecule has 0 heterocycles. The van der Waals surface area contributed by atoms with Gasteiger partial charge in [0.1, 0.15) is 0 Å². The molecule has 3 heteroatoms. The summed E-state index contributed by atoms with van der Waals surface area (Å²) in [7, 11) is 1.51. The van der Waals surface area contributed by atoms with Crippen molar-refractivity contribution >= 4 is 5.97 Å². The van der Waals surface area contributed by atoms with Crippen molar-refractivity contribution < 1.29 is 9.53 Å². The van der Waals surface area contributed by atoms with Gasteiger partial charge in [0.2, 0.25) is 0 Å². The SMILES string of the molecule is C=C(C)C1CCC2(N)CCC3(C)C(CCC4C5(C)CC=C(C6=CC(CC(=O)OC)CC6)C(C)(C)C5CCC43C)C12. The summed E-state index contributed by atoms with van der Waals surface area (Å²) in [6.07, 6.45) is 19.3. The number of allylic oxidation sites excluding steroid dienone is 5. The smallest absolute Gasteiger partial charge is 0.306 e. The van der Waals surface area contributed by atoms with Crippen LogP contribution in [0.2, 0.25) is 0 Å². The lowest BCUT2D eigenvalue weighted by Gasteiger charge is -2.72. The van der Waals surface area contributed by atoms with Crippen molar-refractivity contribution in [3.05, 3.63) is 35.5 Å². The van der Waals surface area contributed by atoms with E-state index in [-0.39, 0.29) is 16.9 Å². The first-order valence-corrected chi connectivity index (χ1v) is 16.6. The van der Waals surface area contributed by atoms with Gasteiger partial charge in [0.15, 0.2) is 0 Å². The quantitative estimate of drug-likeness (QED) is 0.283. The summed E-state index contributed by atoms with van der Waals surface area (Å²) in [4.78, 5) is 12.0. The fraction of sp³-hybridized carbons (Fsp3) is 0.811. The molecule has 10 unspecified atom stereocenters. The van der Waals surface area contributed by atoms with E-state index in [1.54, 1.807) is 5.57 Å². The molecular formula is C37H57NO2. The molecule has 0 radical (unpaired) electrons. The third kappa shape index (κ3) is 3.80. The van der Waals surface area contributed by atoms with Crippen molar-refractivity contribution in [3.8, 4) is 0 Å². The van der Waals surface area contributed by atoms with E-state index in [0.29, 0.717) is 46.3 Å². The van der Waals surface area contributed by atoms with Crippen molar-refractivity contribution in [1.29, 1.82) is 0 Å². The number of methoxy groups -OCH3 is 1. The highest BCUT2D eigenvalue weighted by molar-refractivity contribution is 5.70. The van der Waals surface area contributed by atoms with Crippen LogP contribution in [0.25, 0.3) is 0 Å². The number of esters is 1. The van der Waals surface area contributed by atoms with E-state index in [1.807, 2.05) is 0 Å². The molecule has 0 aromatic heterocycles. The number of carbonyl (C=O) groups excluding carboxylic acids is 1. The van der Waals surface area contributed by atoms with E-state index in [0.717, 1.165) is 24.7 Å². The minimum Gasteiger partial charge on any atom is -0.469 e. The average Bonchev–Trinajstić information content (AvgIpc) is 3.48. The normalized spacial score (nSPS) is 49.1. The Morgan fingerprint density at radius 3 is 2.42 bits per heavy atom. The molecule has 0 saturated heterocycles. The van der Waals surface area contributed by atoms with Crippen LogP contribution in [0.1, 0.15) is 119 Å². The standard InChI is InChI=1S/C37H57NO2/c1-23(2)26-13-18-37(38)20-19-35(6)28(32(26)37)11-12-30-34(5)16-14-27(25-10-9-24(21-25)22-31(39)40-8)33(3,4)29(34)15-17-36(30,35)7/h14,21,24,26,28-30,32H,1,9-13,15-20,22,38H2,2-8H3. The third-order valence-corrected chi connectivity index (χ3v) is 14.9. The summed E-state index contributed by atoms with van der Waals surface area (Å²) in [6.45, 7) is 20.0. The van der Waals surface area contributed by atoms with E-state index in [9.17, 15) is 4.79 Å². The van der Waals surface area contributed by atoms with E-state index < -0.39 is 0 Å². The second-order valence-electron chi connectivity index (χ2n) is 16.7. The molecule has 6 aliphatic carbocycles. The Balaban J connectivity index is 1.31. The summed E-state index contributed by atoms with van der Waals surface area (Å²) in [5, 5.41) is 0. The van der Waals surface area contributed by atoms with Crippen LogP contribution in [0.15, 0.2) is 35.5 Å². The first-order valence-electron chi connectivity index (χ1n) is 16.6. The first-order chi connectivity index (χ1) is 18.7. The molecule has 0 aromatic rings. The summed E-state index contributed by atoms with van der Waals surface area (Å²) < 4.78 is 4.98. The van der Waals surface area contributed by atoms with Crippen molar-refractivity contribution in [2.45, 2.75) is 124 Å². The number of rotatable bonds is 4. The van der Waals surface area contributed by atoms with Crippen LogP contribution in [0.4, 0.5) is 0 Å². The zero-order valence-corrected chi connectivity index (χ0v) is 26.7. The second-order valence-corrected chi connectivity index (χ2v) is 16.7. The van der Waals surface area contributed by atoms with Gasteiger partial charge in [-0.3, -0.25) is 4.79 Å². The molecule has 40 heavy (non-hydrogen) atoms. The minimum absolute atomic E-state index is 0.0310. The van der Waals surface area contributed by atoms with Crippen LogP contribution in [-0.4, -0.2) is 18.6 Å². The topological polar surface area (TPSA) is 52.3 Å². The van der Waals surface area contributed by atoms with Gasteiger partial charge in [0.05, 0.1) is 13.5 Å². The molecule has 6 rings (SSSR count). The van der Waals surface area contributed by atoms with E-state index in [4.69, 9.17) is 10.5 Å². The third-order valence-electron chi connectivity index (χ3n) is 14.9. The fourth-order valence-electron chi connectivity index (χ4n) is 12.8. The largest absolute Gasteiger partial charge is 0.469 e. The van der Waals surface area contributed by atoms with Gasteiger partial charge >= 0.3 is 5.97 Å². The van der Waals surface area contributed by atoms with Crippen LogP contribution in [0.5, 0.6) is 0 Å². The van der Waals surface area contributed by atoms with Crippen LogP contribution < -0.4 is 5.73 Å². The molecular weight excluding hydrogens is 490 g/mol. The van der Waals surface area contributed by atoms with Crippen molar-refractivity contribution in [2.24, 2.45) is 62.9 Å². The maximum atomic E-state index is 12.0. The highest BCUT2D eigenvalue weighted by atomic mass is 16.5. The molecule has 0 aliphatic heterocycles. The molecule has 4 saturated carbocycles. The van der Waals surface area contributed by atoms with Crippen LogP contribution >= 0.6 is 0 Å². The van der Waals surface area contributed by atoms with Gasteiger partial charge in [0.25, 0.3) is 0 Å². The summed E-state index contributed by atoms with van der Waals surface area (Å²) in [5.74, 6) is 3.68. The van der Waals surface area contributed by atoms with Gasteiger partial charge in [-0.2, -0.15) is 0 Å². The average molecular weight is 548 g/mol. The molecule has 4 fully saturated rings. The molecule has 3 nitrogen and oxygen atoms in total. The lowest BCUT2D eigenvalue weighted by molar-refractivity contribution is -0.219. The first kappa shape index (κ1) is 28.8. The Morgan fingerprint density at radius 1 is 0.975 bits per heavy atom. The second kappa shape index (κ2) is 9.32. The number of carbonyl (C=O) groups is 1. The van der Waals surface area contributed by atoms with Gasteiger partial charge < -0.3 is 10.5 Å². The number of nitrogens with two attached hydrogens (primary N) is 1. The number of hydrogen-bond acceptors (Lipinski definition) is 3. The lowest BCUT2D eigenvalue weighted by atomic mass is 9.33. The van der Waals surface area contributed by atoms with Crippen LogP contribution in [0.3, 0.4) is 0 Å². The van der Waals surface area contributed by atoms with E-state index in [1.165, 1.54) is 76.0 Å². The van der Waals surface area contributed by atoms with Gasteiger partial charge in [-0.25, -0.2) is 0 Å². The number of ether oxygens (including phenoxy) is 1. The molecule has 2 N–H and O–H groups in total. The lowest BCUT2D eigenvalue weighted by Crippen LogP contribution is -2.67. The van der Waals surface area contributed by atoms with Gasteiger partial charge in [0, 0.05) is 5.54 Å². The van der Waals surface area contributed by atoms with Gasteiger partial charge in [-0.05, 0) is 146 Å². The zero-order chi connectivity index (χ0) is 28.9. The summed E-state index contributed by atoms with van der Waals surface area (Å²) in [5.41, 5.74) is 13.0. The molecule has 222 valence electrons.